The number of aliphatic hydroxyl groups is 1. The van der Waals surface area contributed by atoms with Crippen LogP contribution in [0.4, 0.5) is 0 Å². The van der Waals surface area contributed by atoms with Gasteiger partial charge < -0.3 is 10.4 Å². The molecule has 0 aromatic rings. The van der Waals surface area contributed by atoms with Gasteiger partial charge in [0.25, 0.3) is 0 Å². The van der Waals surface area contributed by atoms with Gasteiger partial charge in [-0.15, -0.1) is 0 Å². The van der Waals surface area contributed by atoms with Crippen LogP contribution in [0.1, 0.15) is 32.6 Å². The summed E-state index contributed by atoms with van der Waals surface area (Å²) >= 11 is 0. The topological polar surface area (TPSA) is 49.3 Å². The fraction of sp³-hybridized carbons (Fsp3) is 0.750. The molecule has 1 rings (SSSR count). The van der Waals surface area contributed by atoms with E-state index in [4.69, 9.17) is 5.11 Å². The van der Waals surface area contributed by atoms with Crippen LogP contribution in [-0.2, 0) is 4.79 Å². The van der Waals surface area contributed by atoms with E-state index in [0.29, 0.717) is 12.5 Å². The molecule has 0 aromatic heterocycles. The highest BCUT2D eigenvalue weighted by molar-refractivity contribution is 5.78. The van der Waals surface area contributed by atoms with Crippen molar-refractivity contribution in [3.8, 4) is 0 Å². The second-order valence-corrected chi connectivity index (χ2v) is 4.34. The van der Waals surface area contributed by atoms with E-state index >= 15 is 0 Å². The molecule has 1 aliphatic carbocycles. The van der Waals surface area contributed by atoms with Crippen molar-refractivity contribution in [3.05, 3.63) is 12.2 Å². The fourth-order valence-corrected chi connectivity index (χ4v) is 1.77. The summed E-state index contributed by atoms with van der Waals surface area (Å²) in [5.41, 5.74) is 0. The maximum atomic E-state index is 11.7. The van der Waals surface area contributed by atoms with Crippen LogP contribution in [0.2, 0.25) is 0 Å². The lowest BCUT2D eigenvalue weighted by Crippen LogP contribution is -2.34. The largest absolute Gasteiger partial charge is 0.396 e. The molecule has 2 unspecified atom stereocenters. The van der Waals surface area contributed by atoms with Gasteiger partial charge >= 0.3 is 0 Å². The number of hydrogen-bond donors (Lipinski definition) is 2. The van der Waals surface area contributed by atoms with E-state index in [2.05, 4.69) is 17.5 Å². The summed E-state index contributed by atoms with van der Waals surface area (Å²) in [6, 6.07) is 0. The molecule has 0 bridgehead atoms. The first-order chi connectivity index (χ1) is 7.24. The van der Waals surface area contributed by atoms with Gasteiger partial charge in [0.1, 0.15) is 0 Å². The molecular weight excluding hydrogens is 190 g/mol. The van der Waals surface area contributed by atoms with Crippen LogP contribution in [0.5, 0.6) is 0 Å². The van der Waals surface area contributed by atoms with Crippen LogP contribution in [-0.4, -0.2) is 24.2 Å². The number of carbonyl (C=O) groups excluding carboxylic acids is 1. The highest BCUT2D eigenvalue weighted by Gasteiger charge is 2.18. The molecule has 0 aliphatic heterocycles. The Morgan fingerprint density at radius 3 is 3.00 bits per heavy atom. The fourth-order valence-electron chi connectivity index (χ4n) is 1.77. The molecule has 0 heterocycles. The Bertz CT molecular complexity index is 226. The number of carbonyl (C=O) groups is 1. The van der Waals surface area contributed by atoms with E-state index < -0.39 is 0 Å². The van der Waals surface area contributed by atoms with Gasteiger partial charge in [0.15, 0.2) is 0 Å². The molecule has 1 amide bonds. The summed E-state index contributed by atoms with van der Waals surface area (Å²) in [5.74, 6) is 0.693. The normalized spacial score (nSPS) is 22.4. The number of rotatable bonds is 5. The van der Waals surface area contributed by atoms with Gasteiger partial charge in [-0.05, 0) is 31.6 Å². The van der Waals surface area contributed by atoms with Crippen LogP contribution in [0, 0.1) is 11.8 Å². The first-order valence-corrected chi connectivity index (χ1v) is 5.77. The molecule has 15 heavy (non-hydrogen) atoms. The van der Waals surface area contributed by atoms with Crippen molar-refractivity contribution < 1.29 is 9.90 Å². The molecule has 3 nitrogen and oxygen atoms in total. The van der Waals surface area contributed by atoms with Crippen LogP contribution >= 0.6 is 0 Å². The molecule has 0 saturated carbocycles. The SMILES string of the molecule is CC(CCO)CNC(=O)C1CC=CCC1. The number of aliphatic hydroxyl groups excluding tert-OH is 1. The van der Waals surface area contributed by atoms with Crippen LogP contribution in [0.15, 0.2) is 12.2 Å². The van der Waals surface area contributed by atoms with E-state index in [0.717, 1.165) is 25.7 Å². The van der Waals surface area contributed by atoms with E-state index in [1.54, 1.807) is 0 Å². The van der Waals surface area contributed by atoms with Gasteiger partial charge in [-0.2, -0.15) is 0 Å². The van der Waals surface area contributed by atoms with Crippen molar-refractivity contribution in [3.63, 3.8) is 0 Å². The molecule has 0 fully saturated rings. The third-order valence-electron chi connectivity index (χ3n) is 2.89. The predicted octanol–water partition coefficient (Wildman–Crippen LogP) is 1.48. The minimum atomic E-state index is 0.163. The molecule has 0 spiro atoms. The Balaban J connectivity index is 2.20. The zero-order valence-corrected chi connectivity index (χ0v) is 9.41. The summed E-state index contributed by atoms with van der Waals surface area (Å²) in [4.78, 5) is 11.7. The van der Waals surface area contributed by atoms with Crippen molar-refractivity contribution >= 4 is 5.91 Å². The highest BCUT2D eigenvalue weighted by Crippen LogP contribution is 2.18. The van der Waals surface area contributed by atoms with E-state index in [-0.39, 0.29) is 18.4 Å². The summed E-state index contributed by atoms with van der Waals surface area (Å²) in [6.45, 7) is 2.92. The van der Waals surface area contributed by atoms with Gasteiger partial charge in [0, 0.05) is 19.1 Å². The minimum Gasteiger partial charge on any atom is -0.396 e. The Hall–Kier alpha value is -0.830. The van der Waals surface area contributed by atoms with Crippen LogP contribution in [0.3, 0.4) is 0 Å². The van der Waals surface area contributed by atoms with Crippen molar-refractivity contribution in [2.45, 2.75) is 32.6 Å². The molecule has 1 aliphatic rings. The molecule has 3 heteroatoms. The Morgan fingerprint density at radius 2 is 2.40 bits per heavy atom. The van der Waals surface area contributed by atoms with Crippen molar-refractivity contribution in [2.75, 3.05) is 13.2 Å². The number of hydrogen-bond acceptors (Lipinski definition) is 2. The van der Waals surface area contributed by atoms with Crippen molar-refractivity contribution in [1.82, 2.24) is 5.32 Å². The van der Waals surface area contributed by atoms with Gasteiger partial charge in [-0.1, -0.05) is 19.1 Å². The maximum absolute atomic E-state index is 11.7. The Morgan fingerprint density at radius 1 is 1.60 bits per heavy atom. The standard InChI is InChI=1S/C12H21NO2/c1-10(7-8-14)9-13-12(15)11-5-3-2-4-6-11/h2-3,10-11,14H,4-9H2,1H3,(H,13,15). The number of allylic oxidation sites excluding steroid dienone is 2. The zero-order valence-electron chi connectivity index (χ0n) is 9.41. The lowest BCUT2D eigenvalue weighted by Gasteiger charge is -2.18. The highest BCUT2D eigenvalue weighted by atomic mass is 16.3. The lowest BCUT2D eigenvalue weighted by atomic mass is 9.93. The smallest absolute Gasteiger partial charge is 0.223 e. The molecule has 86 valence electrons. The zero-order chi connectivity index (χ0) is 11.1. The van der Waals surface area contributed by atoms with Crippen LogP contribution in [0.25, 0.3) is 0 Å². The molecule has 0 saturated heterocycles. The van der Waals surface area contributed by atoms with E-state index in [1.807, 2.05) is 6.92 Å². The average Bonchev–Trinajstić information content (AvgIpc) is 2.27. The number of nitrogens with one attached hydrogen (secondary N) is 1. The van der Waals surface area contributed by atoms with E-state index in [9.17, 15) is 4.79 Å². The maximum Gasteiger partial charge on any atom is 0.223 e. The third kappa shape index (κ3) is 4.47. The molecule has 0 aromatic carbocycles. The van der Waals surface area contributed by atoms with E-state index in [1.165, 1.54) is 0 Å². The lowest BCUT2D eigenvalue weighted by molar-refractivity contribution is -0.125. The second kappa shape index (κ2) is 6.62. The summed E-state index contributed by atoms with van der Waals surface area (Å²) in [5, 5.41) is 11.7. The first-order valence-electron chi connectivity index (χ1n) is 5.77. The summed E-state index contributed by atoms with van der Waals surface area (Å²) < 4.78 is 0. The first kappa shape index (κ1) is 12.2. The third-order valence-corrected chi connectivity index (χ3v) is 2.89. The van der Waals surface area contributed by atoms with Gasteiger partial charge in [-0.25, -0.2) is 0 Å². The molecule has 0 radical (unpaired) electrons. The Kier molecular flexibility index (Phi) is 5.40. The average molecular weight is 211 g/mol. The van der Waals surface area contributed by atoms with Gasteiger partial charge in [0.05, 0.1) is 0 Å². The summed E-state index contributed by atoms with van der Waals surface area (Å²) in [7, 11) is 0. The second-order valence-electron chi connectivity index (χ2n) is 4.34. The monoisotopic (exact) mass is 211 g/mol. The Labute approximate surface area is 91.6 Å². The van der Waals surface area contributed by atoms with Crippen molar-refractivity contribution in [2.24, 2.45) is 11.8 Å². The summed E-state index contributed by atoms with van der Waals surface area (Å²) in [6.07, 6.45) is 7.84. The molecular formula is C12H21NO2. The predicted molar refractivity (Wildman–Crippen MR) is 60.4 cm³/mol. The van der Waals surface area contributed by atoms with Crippen LogP contribution < -0.4 is 5.32 Å². The quantitative estimate of drug-likeness (QED) is 0.677. The molecule has 2 atom stereocenters. The van der Waals surface area contributed by atoms with Gasteiger partial charge in [-0.3, -0.25) is 4.79 Å². The molecule has 2 N–H and O–H groups in total. The van der Waals surface area contributed by atoms with Gasteiger partial charge in [0.2, 0.25) is 5.91 Å². The minimum absolute atomic E-state index is 0.163. The van der Waals surface area contributed by atoms with Crippen molar-refractivity contribution in [1.29, 1.82) is 0 Å². The number of amides is 1.